The first kappa shape index (κ1) is 12.7. The summed E-state index contributed by atoms with van der Waals surface area (Å²) in [5.41, 5.74) is 0. The highest BCUT2D eigenvalue weighted by Crippen LogP contribution is 2.16. The average Bonchev–Trinajstić information content (AvgIpc) is 2.70. The van der Waals surface area contributed by atoms with Gasteiger partial charge in [-0.2, -0.15) is 0 Å². The number of aryl methyl sites for hydroxylation is 1. The van der Waals surface area contributed by atoms with Crippen molar-refractivity contribution in [2.45, 2.75) is 19.8 Å². The molecule has 0 aromatic carbocycles. The molecule has 1 aromatic rings. The first-order chi connectivity index (χ1) is 7.65. The van der Waals surface area contributed by atoms with Crippen molar-refractivity contribution in [2.24, 2.45) is 5.92 Å². The van der Waals surface area contributed by atoms with Crippen LogP contribution in [0.5, 0.6) is 0 Å². The minimum atomic E-state index is -1.12. The van der Waals surface area contributed by atoms with Crippen molar-refractivity contribution in [3.8, 4) is 0 Å². The van der Waals surface area contributed by atoms with Gasteiger partial charge in [-0.25, -0.2) is 0 Å². The van der Waals surface area contributed by atoms with Crippen molar-refractivity contribution in [2.75, 3.05) is 6.61 Å². The highest BCUT2D eigenvalue weighted by Gasteiger charge is 2.27. The number of carboxylic acids is 1. The summed E-state index contributed by atoms with van der Waals surface area (Å²) in [4.78, 5) is 23.3. The molecule has 1 aromatic heterocycles. The van der Waals surface area contributed by atoms with E-state index in [1.54, 1.807) is 18.3 Å². The first-order valence-corrected chi connectivity index (χ1v) is 5.95. The largest absolute Gasteiger partial charge is 0.481 e. The Balaban J connectivity index is 2.51. The second-order valence-corrected chi connectivity index (χ2v) is 4.29. The highest BCUT2D eigenvalue weighted by molar-refractivity contribution is 7.09. The van der Waals surface area contributed by atoms with Gasteiger partial charge in [-0.05, 0) is 31.2 Å². The van der Waals surface area contributed by atoms with Crippen LogP contribution in [0.3, 0.4) is 0 Å². The lowest BCUT2D eigenvalue weighted by Gasteiger charge is -2.10. The molecule has 0 amide bonds. The minimum absolute atomic E-state index is 0.210. The monoisotopic (exact) mass is 242 g/mol. The lowest BCUT2D eigenvalue weighted by Crippen LogP contribution is -2.26. The molecule has 0 radical (unpaired) electrons. The van der Waals surface area contributed by atoms with E-state index < -0.39 is 17.9 Å². The maximum atomic E-state index is 11.3. The van der Waals surface area contributed by atoms with Crippen LogP contribution in [0.15, 0.2) is 17.5 Å². The van der Waals surface area contributed by atoms with E-state index in [2.05, 4.69) is 0 Å². The molecule has 1 rings (SSSR count). The van der Waals surface area contributed by atoms with Crippen LogP contribution < -0.4 is 0 Å². The lowest BCUT2D eigenvalue weighted by atomic mass is 10.0. The second-order valence-electron chi connectivity index (χ2n) is 3.26. The third kappa shape index (κ3) is 3.66. The molecular formula is C11H14O4S. The zero-order chi connectivity index (χ0) is 12.0. The van der Waals surface area contributed by atoms with Gasteiger partial charge >= 0.3 is 11.9 Å². The van der Waals surface area contributed by atoms with Gasteiger partial charge in [0.05, 0.1) is 6.61 Å². The molecule has 0 spiro atoms. The summed E-state index contributed by atoms with van der Waals surface area (Å²) in [6.07, 6.45) is 0.877. The Morgan fingerprint density at radius 2 is 2.31 bits per heavy atom. The maximum Gasteiger partial charge on any atom is 0.320 e. The van der Waals surface area contributed by atoms with E-state index in [-0.39, 0.29) is 13.0 Å². The SMILES string of the molecule is CCOC(=O)C(CCc1cccs1)C(=O)O. The second kappa shape index (κ2) is 6.27. The van der Waals surface area contributed by atoms with Gasteiger partial charge < -0.3 is 9.84 Å². The number of hydrogen-bond acceptors (Lipinski definition) is 4. The van der Waals surface area contributed by atoms with E-state index in [9.17, 15) is 9.59 Å². The molecule has 1 heterocycles. The fraction of sp³-hybridized carbons (Fsp3) is 0.455. The zero-order valence-electron chi connectivity index (χ0n) is 9.01. The van der Waals surface area contributed by atoms with Crippen LogP contribution in [0.1, 0.15) is 18.2 Å². The number of carboxylic acid groups (broad SMARTS) is 1. The molecule has 16 heavy (non-hydrogen) atoms. The Kier molecular flexibility index (Phi) is 4.98. The predicted molar refractivity (Wildman–Crippen MR) is 60.4 cm³/mol. The molecule has 0 aliphatic heterocycles. The lowest BCUT2D eigenvalue weighted by molar-refractivity contribution is -0.158. The molecule has 0 fully saturated rings. The summed E-state index contributed by atoms with van der Waals surface area (Å²) in [5.74, 6) is -2.82. The van der Waals surface area contributed by atoms with Crippen molar-refractivity contribution < 1.29 is 19.4 Å². The number of hydrogen-bond donors (Lipinski definition) is 1. The molecular weight excluding hydrogens is 228 g/mol. The predicted octanol–water partition coefficient (Wildman–Crippen LogP) is 1.94. The van der Waals surface area contributed by atoms with Gasteiger partial charge in [-0.15, -0.1) is 11.3 Å². The summed E-state index contributed by atoms with van der Waals surface area (Å²) in [7, 11) is 0. The van der Waals surface area contributed by atoms with Crippen molar-refractivity contribution in [3.63, 3.8) is 0 Å². The van der Waals surface area contributed by atoms with Gasteiger partial charge in [0.2, 0.25) is 0 Å². The van der Waals surface area contributed by atoms with Crippen LogP contribution in [0.25, 0.3) is 0 Å². The van der Waals surface area contributed by atoms with Crippen LogP contribution >= 0.6 is 11.3 Å². The Morgan fingerprint density at radius 1 is 1.56 bits per heavy atom. The van der Waals surface area contributed by atoms with Crippen LogP contribution in [-0.2, 0) is 20.7 Å². The molecule has 4 nitrogen and oxygen atoms in total. The number of esters is 1. The number of carbonyl (C=O) groups excluding carboxylic acids is 1. The molecule has 1 unspecified atom stereocenters. The number of carbonyl (C=O) groups is 2. The Bertz CT molecular complexity index is 345. The van der Waals surface area contributed by atoms with E-state index in [4.69, 9.17) is 9.84 Å². The molecule has 1 N–H and O–H groups in total. The van der Waals surface area contributed by atoms with Crippen molar-refractivity contribution >= 4 is 23.3 Å². The van der Waals surface area contributed by atoms with E-state index in [1.165, 1.54) is 0 Å². The summed E-state index contributed by atoms with van der Waals surface area (Å²) < 4.78 is 4.72. The number of aliphatic carboxylic acids is 1. The average molecular weight is 242 g/mol. The van der Waals surface area contributed by atoms with E-state index in [1.807, 2.05) is 17.5 Å². The number of thiophene rings is 1. The topological polar surface area (TPSA) is 63.6 Å². The zero-order valence-corrected chi connectivity index (χ0v) is 9.83. The number of rotatable bonds is 6. The van der Waals surface area contributed by atoms with Crippen LogP contribution in [0, 0.1) is 5.92 Å². The minimum Gasteiger partial charge on any atom is -0.481 e. The fourth-order valence-corrected chi connectivity index (χ4v) is 2.05. The molecule has 0 aliphatic rings. The summed E-state index contributed by atoms with van der Waals surface area (Å²) >= 11 is 1.56. The fourth-order valence-electron chi connectivity index (χ4n) is 1.33. The molecule has 0 bridgehead atoms. The quantitative estimate of drug-likeness (QED) is 0.611. The normalized spacial score (nSPS) is 12.1. The van der Waals surface area contributed by atoms with Gasteiger partial charge in [0.1, 0.15) is 0 Å². The standard InChI is InChI=1S/C11H14O4S/c1-2-15-11(14)9(10(12)13)6-5-8-4-3-7-16-8/h3-4,7,9H,2,5-6H2,1H3,(H,12,13). The molecule has 0 aliphatic carbocycles. The van der Waals surface area contributed by atoms with Gasteiger partial charge in [0.25, 0.3) is 0 Å². The molecule has 1 atom stereocenters. The van der Waals surface area contributed by atoms with Gasteiger partial charge in [0, 0.05) is 4.88 Å². The molecule has 5 heteroatoms. The molecule has 0 saturated heterocycles. The summed E-state index contributed by atoms with van der Waals surface area (Å²) in [6.45, 7) is 1.87. The Labute approximate surface area is 97.9 Å². The number of ether oxygens (including phenoxy) is 1. The van der Waals surface area contributed by atoms with Crippen molar-refractivity contribution in [3.05, 3.63) is 22.4 Å². The summed E-state index contributed by atoms with van der Waals surface area (Å²) in [6, 6.07) is 3.83. The van der Waals surface area contributed by atoms with E-state index >= 15 is 0 Å². The Hall–Kier alpha value is -1.36. The molecule has 0 saturated carbocycles. The van der Waals surface area contributed by atoms with E-state index in [0.717, 1.165) is 4.88 Å². The Morgan fingerprint density at radius 3 is 2.81 bits per heavy atom. The van der Waals surface area contributed by atoms with E-state index in [0.29, 0.717) is 6.42 Å². The third-order valence-electron chi connectivity index (χ3n) is 2.13. The van der Waals surface area contributed by atoms with Crippen LogP contribution in [0.2, 0.25) is 0 Å². The third-order valence-corrected chi connectivity index (χ3v) is 3.06. The highest BCUT2D eigenvalue weighted by atomic mass is 32.1. The van der Waals surface area contributed by atoms with Gasteiger partial charge in [-0.1, -0.05) is 6.07 Å². The van der Waals surface area contributed by atoms with Crippen molar-refractivity contribution in [1.29, 1.82) is 0 Å². The van der Waals surface area contributed by atoms with Crippen molar-refractivity contribution in [1.82, 2.24) is 0 Å². The first-order valence-electron chi connectivity index (χ1n) is 5.07. The van der Waals surface area contributed by atoms with Gasteiger partial charge in [0.15, 0.2) is 5.92 Å². The van der Waals surface area contributed by atoms with Crippen LogP contribution in [-0.4, -0.2) is 23.7 Å². The smallest absolute Gasteiger partial charge is 0.320 e. The van der Waals surface area contributed by atoms with Gasteiger partial charge in [-0.3, -0.25) is 9.59 Å². The summed E-state index contributed by atoms with van der Waals surface area (Å²) in [5, 5.41) is 10.8. The molecule has 88 valence electrons. The van der Waals surface area contributed by atoms with Crippen LogP contribution in [0.4, 0.5) is 0 Å². The maximum absolute atomic E-state index is 11.3.